The number of esters is 1. The molecule has 20 heavy (non-hydrogen) atoms. The minimum atomic E-state index is -5.05. The van der Waals surface area contributed by atoms with Crippen LogP contribution in [0, 0.1) is 11.5 Å². The summed E-state index contributed by atoms with van der Waals surface area (Å²) >= 11 is 0.241. The highest BCUT2D eigenvalue weighted by Gasteiger charge is 2.43. The normalized spacial score (nSPS) is 11.8. The average Bonchev–Trinajstić information content (AvgIpc) is 2.73. The summed E-state index contributed by atoms with van der Waals surface area (Å²) in [6.07, 6.45) is -4.26. The molecule has 0 amide bonds. The zero-order valence-corrected chi connectivity index (χ0v) is 11.4. The molecule has 0 unspecified atom stereocenters. The molecule has 0 atom stereocenters. The van der Waals surface area contributed by atoms with Gasteiger partial charge in [-0.2, -0.15) is 21.6 Å². The molecular weight excluding hydrogens is 323 g/mol. The topological polar surface area (TPSA) is 93.5 Å². The zero-order chi connectivity index (χ0) is 15.6. The summed E-state index contributed by atoms with van der Waals surface area (Å²) in [5, 5.41) is 8.63. The van der Waals surface area contributed by atoms with E-state index in [0.29, 0.717) is 5.38 Å². The predicted octanol–water partition coefficient (Wildman–Crippen LogP) is 2.13. The van der Waals surface area contributed by atoms with Crippen molar-refractivity contribution in [3.63, 3.8) is 0 Å². The molecule has 1 aromatic rings. The largest absolute Gasteiger partial charge is 0.462 e. The molecule has 0 aliphatic heterocycles. The lowest BCUT2D eigenvalue weighted by Gasteiger charge is -2.08. The number of hydrogen-bond donors (Lipinski definition) is 0. The molecule has 0 aliphatic rings. The Kier molecular flexibility index (Phi) is 4.61. The lowest BCUT2D eigenvalue weighted by Crippen LogP contribution is -2.16. The predicted molar refractivity (Wildman–Crippen MR) is 59.2 cm³/mol. The van der Waals surface area contributed by atoms with E-state index in [1.807, 2.05) is 0 Å². The van der Waals surface area contributed by atoms with Gasteiger partial charge in [0.1, 0.15) is 9.77 Å². The first-order valence-corrected chi connectivity index (χ1v) is 7.12. The molecule has 0 N–H and O–H groups in total. The van der Waals surface area contributed by atoms with Crippen LogP contribution >= 0.6 is 11.3 Å². The lowest BCUT2D eigenvalue weighted by atomic mass is 10.3. The van der Waals surface area contributed by atoms with Crippen molar-refractivity contribution >= 4 is 27.4 Å². The van der Waals surface area contributed by atoms with Gasteiger partial charge in [0.2, 0.25) is 0 Å². The second-order valence-electron chi connectivity index (χ2n) is 3.15. The second kappa shape index (κ2) is 5.68. The van der Waals surface area contributed by atoms with Crippen molar-refractivity contribution in [2.24, 2.45) is 0 Å². The third kappa shape index (κ3) is 3.20. The Morgan fingerprint density at radius 2 is 2.10 bits per heavy atom. The van der Waals surface area contributed by atoms with Crippen LogP contribution in [0.25, 0.3) is 0 Å². The number of halogens is 3. The zero-order valence-electron chi connectivity index (χ0n) is 9.72. The van der Waals surface area contributed by atoms with E-state index in [0.717, 1.165) is 6.26 Å². The third-order valence-electron chi connectivity index (χ3n) is 1.91. The van der Waals surface area contributed by atoms with E-state index in [9.17, 15) is 26.4 Å². The van der Waals surface area contributed by atoms with Gasteiger partial charge in [-0.15, -0.1) is 16.6 Å². The summed E-state index contributed by atoms with van der Waals surface area (Å²) in [7, 11) is -5.05. The molecule has 0 spiro atoms. The molecule has 1 heterocycles. The van der Waals surface area contributed by atoms with Crippen LogP contribution in [-0.4, -0.2) is 21.0 Å². The maximum absolute atomic E-state index is 12.7. The third-order valence-corrected chi connectivity index (χ3v) is 4.22. The summed E-state index contributed by atoms with van der Waals surface area (Å²) in [5.74, 6) is -1.24. The fourth-order valence-corrected chi connectivity index (χ4v) is 3.54. The van der Waals surface area contributed by atoms with Crippen LogP contribution in [0.15, 0.2) is 10.3 Å². The van der Waals surface area contributed by atoms with Crippen molar-refractivity contribution < 1.29 is 35.3 Å². The van der Waals surface area contributed by atoms with Crippen molar-refractivity contribution in [2.75, 3.05) is 6.61 Å². The Morgan fingerprint density at radius 3 is 2.55 bits per heavy atom. The average molecular weight is 329 g/mol. The van der Waals surface area contributed by atoms with Crippen molar-refractivity contribution in [1.29, 1.82) is 5.26 Å². The van der Waals surface area contributed by atoms with Gasteiger partial charge in [0.15, 0.2) is 0 Å². The fourth-order valence-electron chi connectivity index (χ4n) is 1.22. The van der Waals surface area contributed by atoms with E-state index in [1.54, 1.807) is 0 Å². The summed E-state index contributed by atoms with van der Waals surface area (Å²) in [4.78, 5) is 9.27. The fraction of sp³-hybridized carbons (Fsp3) is 0.333. The summed E-state index contributed by atoms with van der Waals surface area (Å²) in [6.45, 7) is 1.24. The Hall–Kier alpha value is -1.80. The van der Waals surface area contributed by atoms with Gasteiger partial charge in [0.05, 0.1) is 12.2 Å². The highest BCUT2D eigenvalue weighted by molar-refractivity contribution is 7.87. The molecule has 0 saturated heterocycles. The number of nitrogens with zero attached hydrogens (tertiary/aromatic N) is 1. The van der Waals surface area contributed by atoms with E-state index >= 15 is 0 Å². The Balaban J connectivity index is 3.55. The highest BCUT2D eigenvalue weighted by atomic mass is 32.2. The number of carbonyl (C=O) groups excluding carboxylic acids is 1. The van der Waals surface area contributed by atoms with Crippen molar-refractivity contribution in [2.45, 2.75) is 18.0 Å². The van der Waals surface area contributed by atoms with Gasteiger partial charge in [0.25, 0.3) is 0 Å². The first-order chi connectivity index (χ1) is 9.15. The first kappa shape index (κ1) is 16.3. The van der Waals surface area contributed by atoms with Crippen LogP contribution in [0.5, 0.6) is 0 Å². The number of nitriles is 1. The van der Waals surface area contributed by atoms with E-state index in [2.05, 4.69) is 8.92 Å². The molecular formula is C9H6F3NO5S2. The summed E-state index contributed by atoms with van der Waals surface area (Å²) < 4.78 is 69.4. The van der Waals surface area contributed by atoms with Crippen molar-refractivity contribution in [1.82, 2.24) is 0 Å². The van der Waals surface area contributed by atoms with Crippen LogP contribution in [0.2, 0.25) is 0 Å². The van der Waals surface area contributed by atoms with Gasteiger partial charge in [-0.25, -0.2) is 4.79 Å². The van der Waals surface area contributed by atoms with E-state index in [1.165, 1.54) is 6.92 Å². The Bertz CT molecular complexity index is 656. The monoisotopic (exact) mass is 329 g/mol. The molecule has 0 bridgehead atoms. The quantitative estimate of drug-likeness (QED) is 0.477. The van der Waals surface area contributed by atoms with Crippen LogP contribution in [0.4, 0.5) is 13.2 Å². The minimum absolute atomic E-state index is 0.156. The first-order valence-electron chi connectivity index (χ1n) is 4.83. The molecule has 0 aliphatic carbocycles. The maximum Gasteiger partial charge on any atom is 0.418 e. The molecule has 0 radical (unpaired) electrons. The number of carbonyl (C=O) groups is 1. The molecule has 0 saturated carbocycles. The lowest BCUT2D eigenvalue weighted by molar-refractivity contribution is -0.139. The van der Waals surface area contributed by atoms with Crippen molar-refractivity contribution in [3.05, 3.63) is 15.8 Å². The van der Waals surface area contributed by atoms with Gasteiger partial charge < -0.3 is 4.74 Å². The molecule has 0 aromatic carbocycles. The SMILES string of the molecule is CCOC(=O)c1scc(C(F)(F)F)c1S(=O)(=O)OC#N. The van der Waals surface area contributed by atoms with Crippen LogP contribution < -0.4 is 0 Å². The van der Waals surface area contributed by atoms with Crippen LogP contribution in [0.1, 0.15) is 22.2 Å². The van der Waals surface area contributed by atoms with Crippen LogP contribution in [0.3, 0.4) is 0 Å². The molecule has 11 heteroatoms. The van der Waals surface area contributed by atoms with Gasteiger partial charge in [-0.1, -0.05) is 0 Å². The van der Waals surface area contributed by atoms with Crippen LogP contribution in [-0.2, 0) is 25.2 Å². The summed E-state index contributed by atoms with van der Waals surface area (Å²) in [5.41, 5.74) is -1.58. The molecule has 1 rings (SSSR count). The molecule has 0 fully saturated rings. The number of rotatable bonds is 4. The van der Waals surface area contributed by atoms with Gasteiger partial charge in [0, 0.05) is 5.38 Å². The second-order valence-corrected chi connectivity index (χ2v) is 5.52. The number of ether oxygens (including phenoxy) is 1. The number of alkyl halides is 3. The van der Waals surface area contributed by atoms with E-state index in [-0.39, 0.29) is 17.9 Å². The van der Waals surface area contributed by atoms with E-state index < -0.39 is 37.6 Å². The van der Waals surface area contributed by atoms with Gasteiger partial charge >= 0.3 is 28.5 Å². The smallest absolute Gasteiger partial charge is 0.418 e. The maximum atomic E-state index is 12.7. The minimum Gasteiger partial charge on any atom is -0.462 e. The Morgan fingerprint density at radius 1 is 1.50 bits per heavy atom. The van der Waals surface area contributed by atoms with Crippen molar-refractivity contribution in [3.8, 4) is 6.26 Å². The molecule has 1 aromatic heterocycles. The summed E-state index contributed by atoms with van der Waals surface area (Å²) in [6, 6.07) is 0. The highest BCUT2D eigenvalue weighted by Crippen LogP contribution is 2.40. The Labute approximate surface area is 115 Å². The van der Waals surface area contributed by atoms with E-state index in [4.69, 9.17) is 5.26 Å². The molecule has 110 valence electrons. The van der Waals surface area contributed by atoms with Gasteiger partial charge in [-0.05, 0) is 6.92 Å². The number of hydrogen-bond acceptors (Lipinski definition) is 7. The number of thiophene rings is 1. The van der Waals surface area contributed by atoms with Gasteiger partial charge in [-0.3, -0.25) is 4.18 Å². The standard InChI is InChI=1S/C9H6F3NO5S2/c1-2-17-8(14)6-7(20(15,16)18-4-13)5(3-19-6)9(10,11)12/h3H,2H2,1H3. The molecule has 6 nitrogen and oxygen atoms in total.